The summed E-state index contributed by atoms with van der Waals surface area (Å²) in [5.41, 5.74) is 3.02. The molecule has 2 nitrogen and oxygen atoms in total. The minimum atomic E-state index is 0.116. The Hall–Kier alpha value is 0.580. The average molecular weight is 454 g/mol. The van der Waals surface area contributed by atoms with Crippen LogP contribution >= 0.6 is 43.2 Å². The van der Waals surface area contributed by atoms with Crippen molar-refractivity contribution >= 4 is 43.2 Å². The molecule has 0 fully saturated rings. The summed E-state index contributed by atoms with van der Waals surface area (Å²) in [6.45, 7) is 7.74. The molecule has 1 aliphatic rings. The van der Waals surface area contributed by atoms with Crippen molar-refractivity contribution in [2.24, 2.45) is 5.41 Å². The van der Waals surface area contributed by atoms with Gasteiger partial charge < -0.3 is 9.47 Å². The van der Waals surface area contributed by atoms with Gasteiger partial charge in [0.25, 0.3) is 0 Å². The Morgan fingerprint density at radius 2 is 1.36 bits per heavy atom. The lowest BCUT2D eigenvalue weighted by Gasteiger charge is -2.29. The van der Waals surface area contributed by atoms with E-state index in [2.05, 4.69) is 45.7 Å². The molecule has 2 rings (SSSR count). The van der Waals surface area contributed by atoms with E-state index in [4.69, 9.17) is 9.47 Å². The van der Waals surface area contributed by atoms with Crippen LogP contribution in [0, 0.1) is 5.41 Å². The Balaban J connectivity index is 1.99. The maximum Gasteiger partial charge on any atom is 0.0745 e. The molecule has 1 aliphatic carbocycles. The van der Waals surface area contributed by atoms with Crippen molar-refractivity contribution in [2.45, 2.75) is 52.4 Å². The minimum Gasteiger partial charge on any atom is -0.381 e. The van der Waals surface area contributed by atoms with Crippen LogP contribution < -0.4 is 0 Å². The first-order valence-corrected chi connectivity index (χ1v) is 10.6. The molecule has 5 heteroatoms. The van der Waals surface area contributed by atoms with Gasteiger partial charge in [-0.15, -0.1) is 11.3 Å². The third-order valence-electron chi connectivity index (χ3n) is 4.22. The first kappa shape index (κ1) is 18.9. The highest BCUT2D eigenvalue weighted by molar-refractivity contribution is 9.12. The maximum atomic E-state index is 5.99. The summed E-state index contributed by atoms with van der Waals surface area (Å²) in [6.07, 6.45) is 6.77. The topological polar surface area (TPSA) is 18.5 Å². The highest BCUT2D eigenvalue weighted by Gasteiger charge is 2.41. The number of thiophene rings is 1. The summed E-state index contributed by atoms with van der Waals surface area (Å²) in [7, 11) is 0. The first-order chi connectivity index (χ1) is 10.6. The fraction of sp³-hybridized carbons (Fsp3) is 0.765. The van der Waals surface area contributed by atoms with E-state index in [0.29, 0.717) is 0 Å². The molecule has 1 aromatic heterocycles. The fourth-order valence-corrected chi connectivity index (χ4v) is 6.10. The zero-order chi connectivity index (χ0) is 16.0. The van der Waals surface area contributed by atoms with Gasteiger partial charge in [-0.2, -0.15) is 0 Å². The molecule has 0 unspecified atom stereocenters. The molecule has 1 heterocycles. The number of hydrogen-bond acceptors (Lipinski definition) is 3. The highest BCUT2D eigenvalue weighted by atomic mass is 79.9. The molecule has 0 amide bonds. The predicted molar refractivity (Wildman–Crippen MR) is 101 cm³/mol. The Labute approximate surface area is 155 Å². The summed E-state index contributed by atoms with van der Waals surface area (Å²) in [5, 5.41) is 0. The quantitative estimate of drug-likeness (QED) is 0.405. The van der Waals surface area contributed by atoms with E-state index in [0.717, 1.165) is 52.1 Å². The first-order valence-electron chi connectivity index (χ1n) is 8.23. The molecule has 0 aromatic carbocycles. The minimum absolute atomic E-state index is 0.116. The molecule has 0 spiro atoms. The van der Waals surface area contributed by atoms with E-state index >= 15 is 0 Å². The van der Waals surface area contributed by atoms with Gasteiger partial charge in [-0.3, -0.25) is 0 Å². The van der Waals surface area contributed by atoms with Crippen molar-refractivity contribution in [1.82, 2.24) is 0 Å². The van der Waals surface area contributed by atoms with Gasteiger partial charge >= 0.3 is 0 Å². The van der Waals surface area contributed by atoms with Gasteiger partial charge in [0, 0.05) is 18.6 Å². The van der Waals surface area contributed by atoms with E-state index in [1.807, 2.05) is 0 Å². The van der Waals surface area contributed by atoms with Crippen molar-refractivity contribution in [3.8, 4) is 0 Å². The molecular weight excluding hydrogens is 428 g/mol. The number of rotatable bonds is 10. The molecule has 0 atom stereocenters. The summed E-state index contributed by atoms with van der Waals surface area (Å²) in [5.74, 6) is 0. The predicted octanol–water partition coefficient (Wildman–Crippen LogP) is 5.99. The van der Waals surface area contributed by atoms with Gasteiger partial charge in [-0.25, -0.2) is 0 Å². The summed E-state index contributed by atoms with van der Waals surface area (Å²) in [4.78, 5) is 0. The fourth-order valence-electron chi connectivity index (χ4n) is 2.92. The van der Waals surface area contributed by atoms with Crippen LogP contribution in [0.4, 0.5) is 0 Å². The lowest BCUT2D eigenvalue weighted by atomic mass is 9.86. The van der Waals surface area contributed by atoms with Crippen molar-refractivity contribution in [3.05, 3.63) is 18.7 Å². The maximum absolute atomic E-state index is 5.99. The normalized spacial score (nSPS) is 16.2. The second kappa shape index (κ2) is 9.16. The van der Waals surface area contributed by atoms with Crippen LogP contribution in [0.2, 0.25) is 0 Å². The van der Waals surface area contributed by atoms with E-state index < -0.39 is 0 Å². The van der Waals surface area contributed by atoms with Crippen LogP contribution in [-0.4, -0.2) is 26.4 Å². The average Bonchev–Trinajstić information content (AvgIpc) is 2.99. The second-order valence-corrected chi connectivity index (χ2v) is 9.93. The van der Waals surface area contributed by atoms with Crippen molar-refractivity contribution in [3.63, 3.8) is 0 Å². The van der Waals surface area contributed by atoms with Crippen LogP contribution in [0.3, 0.4) is 0 Å². The van der Waals surface area contributed by atoms with E-state index in [-0.39, 0.29) is 5.41 Å². The molecule has 0 aliphatic heterocycles. The lowest BCUT2D eigenvalue weighted by molar-refractivity contribution is -0.0188. The molecule has 22 heavy (non-hydrogen) atoms. The lowest BCUT2D eigenvalue weighted by Crippen LogP contribution is -2.34. The van der Waals surface area contributed by atoms with Crippen molar-refractivity contribution in [1.29, 1.82) is 0 Å². The number of hydrogen-bond donors (Lipinski definition) is 0. The van der Waals surface area contributed by atoms with E-state index in [9.17, 15) is 0 Å². The van der Waals surface area contributed by atoms with Crippen LogP contribution in [0.1, 0.15) is 50.7 Å². The van der Waals surface area contributed by atoms with E-state index in [1.165, 1.54) is 31.5 Å². The smallest absolute Gasteiger partial charge is 0.0745 e. The molecule has 0 bridgehead atoms. The standard InChI is InChI=1S/C17H26Br2O2S/c1-3-5-7-20-11-17(12-21-8-6-4-2)9-13-14(10-17)16(19)22-15(13)18/h3-12H2,1-2H3. The van der Waals surface area contributed by atoms with Gasteiger partial charge in [-0.1, -0.05) is 26.7 Å². The van der Waals surface area contributed by atoms with Gasteiger partial charge in [0.1, 0.15) is 0 Å². The third-order valence-corrected chi connectivity index (χ3v) is 7.00. The monoisotopic (exact) mass is 452 g/mol. The number of fused-ring (bicyclic) bond motifs is 1. The van der Waals surface area contributed by atoms with Crippen LogP contribution in [0.5, 0.6) is 0 Å². The highest BCUT2D eigenvalue weighted by Crippen LogP contribution is 2.48. The zero-order valence-electron chi connectivity index (χ0n) is 13.6. The van der Waals surface area contributed by atoms with Crippen LogP contribution in [-0.2, 0) is 22.3 Å². The zero-order valence-corrected chi connectivity index (χ0v) is 17.5. The Bertz CT molecular complexity index is 433. The number of ether oxygens (including phenoxy) is 2. The van der Waals surface area contributed by atoms with Crippen molar-refractivity contribution < 1.29 is 9.47 Å². The van der Waals surface area contributed by atoms with Gasteiger partial charge in [0.05, 0.1) is 20.8 Å². The number of unbranched alkanes of at least 4 members (excludes halogenated alkanes) is 2. The third kappa shape index (κ3) is 4.79. The van der Waals surface area contributed by atoms with Crippen LogP contribution in [0.15, 0.2) is 7.57 Å². The molecule has 0 saturated carbocycles. The number of halogens is 2. The summed E-state index contributed by atoms with van der Waals surface area (Å²) >= 11 is 9.21. The van der Waals surface area contributed by atoms with Gasteiger partial charge in [0.15, 0.2) is 0 Å². The van der Waals surface area contributed by atoms with Crippen LogP contribution in [0.25, 0.3) is 0 Å². The Kier molecular flexibility index (Phi) is 7.88. The molecule has 1 aromatic rings. The van der Waals surface area contributed by atoms with Gasteiger partial charge in [-0.05, 0) is 68.7 Å². The Morgan fingerprint density at radius 3 is 1.77 bits per heavy atom. The summed E-state index contributed by atoms with van der Waals surface area (Å²) < 4.78 is 14.5. The molecule has 0 saturated heterocycles. The molecule has 0 radical (unpaired) electrons. The molecular formula is C17H26Br2O2S. The van der Waals surface area contributed by atoms with Gasteiger partial charge in [0.2, 0.25) is 0 Å². The van der Waals surface area contributed by atoms with E-state index in [1.54, 1.807) is 11.3 Å². The van der Waals surface area contributed by atoms with Crippen molar-refractivity contribution in [2.75, 3.05) is 26.4 Å². The Morgan fingerprint density at radius 1 is 0.909 bits per heavy atom. The molecule has 0 N–H and O–H groups in total. The SMILES string of the molecule is CCCCOCC1(COCCCC)Cc2c(Br)sc(Br)c2C1. The molecule has 126 valence electrons. The second-order valence-electron chi connectivity index (χ2n) is 6.27. The summed E-state index contributed by atoms with van der Waals surface area (Å²) in [6, 6.07) is 0. The largest absolute Gasteiger partial charge is 0.381 e.